The summed E-state index contributed by atoms with van der Waals surface area (Å²) in [7, 11) is 0. The number of aryl methyl sites for hydroxylation is 2. The first kappa shape index (κ1) is 13.7. The van der Waals surface area contributed by atoms with Crippen molar-refractivity contribution in [2.75, 3.05) is 0 Å². The Morgan fingerprint density at radius 1 is 1.19 bits per heavy atom. The van der Waals surface area contributed by atoms with Crippen molar-refractivity contribution < 1.29 is 0 Å². The molecule has 90 valence electrons. The average molecular weight is 284 g/mol. The summed E-state index contributed by atoms with van der Waals surface area (Å²) in [6.07, 6.45) is 1.16. The van der Waals surface area contributed by atoms with Gasteiger partial charge in [0.15, 0.2) is 0 Å². The van der Waals surface area contributed by atoms with Crippen molar-refractivity contribution in [2.45, 2.75) is 51.5 Å². The number of nitrogens with one attached hydrogen (secondary N) is 1. The average Bonchev–Trinajstić information content (AvgIpc) is 2.15. The number of benzene rings is 1. The fourth-order valence-corrected chi connectivity index (χ4v) is 2.54. The Labute approximate surface area is 108 Å². The highest BCUT2D eigenvalue weighted by molar-refractivity contribution is 9.09. The van der Waals surface area contributed by atoms with E-state index < -0.39 is 0 Å². The predicted octanol–water partition coefficient (Wildman–Crippen LogP) is 3.96. The molecule has 0 aliphatic rings. The molecule has 2 heteroatoms. The first-order valence-corrected chi connectivity index (χ1v) is 6.84. The van der Waals surface area contributed by atoms with Crippen molar-refractivity contribution >= 4 is 15.9 Å². The van der Waals surface area contributed by atoms with Gasteiger partial charge in [-0.05, 0) is 43.9 Å². The minimum atomic E-state index is 0.549. The first-order valence-electron chi connectivity index (χ1n) is 5.93. The third-order valence-corrected chi connectivity index (χ3v) is 3.32. The molecule has 0 radical (unpaired) electrons. The molecule has 1 rings (SSSR count). The van der Waals surface area contributed by atoms with Crippen LogP contribution in [0.2, 0.25) is 0 Å². The van der Waals surface area contributed by atoms with Crippen LogP contribution in [0.25, 0.3) is 0 Å². The van der Waals surface area contributed by atoms with Crippen molar-refractivity contribution in [3.63, 3.8) is 0 Å². The van der Waals surface area contributed by atoms with Crippen LogP contribution in [0.3, 0.4) is 0 Å². The summed E-state index contributed by atoms with van der Waals surface area (Å²) >= 11 is 3.59. The maximum atomic E-state index is 3.59. The zero-order chi connectivity index (χ0) is 12.1. The van der Waals surface area contributed by atoms with Gasteiger partial charge in [0.2, 0.25) is 0 Å². The van der Waals surface area contributed by atoms with E-state index in [-0.39, 0.29) is 0 Å². The van der Waals surface area contributed by atoms with Crippen LogP contribution in [-0.4, -0.2) is 10.9 Å². The largest absolute Gasteiger partial charge is 0.310 e. The van der Waals surface area contributed by atoms with Gasteiger partial charge in [-0.15, -0.1) is 0 Å². The minimum Gasteiger partial charge on any atom is -0.310 e. The molecule has 2 unspecified atom stereocenters. The van der Waals surface area contributed by atoms with E-state index >= 15 is 0 Å². The topological polar surface area (TPSA) is 12.0 Å². The van der Waals surface area contributed by atoms with Gasteiger partial charge in [0, 0.05) is 17.4 Å². The second-order valence-corrected chi connectivity index (χ2v) is 6.23. The first-order chi connectivity index (χ1) is 7.50. The van der Waals surface area contributed by atoms with Crippen LogP contribution in [0, 0.1) is 13.8 Å². The van der Waals surface area contributed by atoms with Gasteiger partial charge < -0.3 is 5.32 Å². The van der Waals surface area contributed by atoms with Gasteiger partial charge >= 0.3 is 0 Å². The highest BCUT2D eigenvalue weighted by Gasteiger charge is 2.07. The van der Waals surface area contributed by atoms with Crippen molar-refractivity contribution in [3.8, 4) is 0 Å². The Kier molecular flexibility index (Phi) is 5.50. The van der Waals surface area contributed by atoms with Crippen LogP contribution in [0.4, 0.5) is 0 Å². The van der Waals surface area contributed by atoms with Crippen molar-refractivity contribution in [3.05, 3.63) is 34.9 Å². The molecule has 0 fully saturated rings. The molecule has 0 aromatic heterocycles. The molecule has 1 aromatic rings. The van der Waals surface area contributed by atoms with E-state index in [1.807, 2.05) is 0 Å². The maximum Gasteiger partial charge on any atom is 0.0213 e. The quantitative estimate of drug-likeness (QED) is 0.807. The highest BCUT2D eigenvalue weighted by atomic mass is 79.9. The lowest BCUT2D eigenvalue weighted by molar-refractivity contribution is 0.514. The van der Waals surface area contributed by atoms with Crippen molar-refractivity contribution in [2.24, 2.45) is 0 Å². The molecule has 0 aliphatic heterocycles. The lowest BCUT2D eigenvalue weighted by Crippen LogP contribution is -2.28. The van der Waals surface area contributed by atoms with Crippen LogP contribution in [0.1, 0.15) is 37.0 Å². The molecule has 1 nitrogen and oxygen atoms in total. The fourth-order valence-electron chi connectivity index (χ4n) is 1.97. The van der Waals surface area contributed by atoms with Crippen LogP contribution in [-0.2, 0) is 6.54 Å². The number of alkyl halides is 1. The smallest absolute Gasteiger partial charge is 0.0213 e. The standard InChI is InChI=1S/C14H22BrN/c1-10-6-5-7-11(2)14(10)9-16-13(4)8-12(3)15/h5-7,12-13,16H,8-9H2,1-4H3. The summed E-state index contributed by atoms with van der Waals surface area (Å²) in [6.45, 7) is 9.77. The van der Waals surface area contributed by atoms with Crippen LogP contribution < -0.4 is 5.32 Å². The van der Waals surface area contributed by atoms with Gasteiger partial charge in [0.05, 0.1) is 0 Å². The highest BCUT2D eigenvalue weighted by Crippen LogP contribution is 2.14. The fraction of sp³-hybridized carbons (Fsp3) is 0.571. The Hall–Kier alpha value is -0.340. The number of halogens is 1. The minimum absolute atomic E-state index is 0.549. The van der Waals surface area contributed by atoms with E-state index in [9.17, 15) is 0 Å². The maximum absolute atomic E-state index is 3.59. The molecular formula is C14H22BrN. The number of hydrogen-bond acceptors (Lipinski definition) is 1. The van der Waals surface area contributed by atoms with E-state index in [4.69, 9.17) is 0 Å². The molecule has 0 heterocycles. The molecule has 0 amide bonds. The molecule has 0 saturated carbocycles. The van der Waals surface area contributed by atoms with E-state index in [1.54, 1.807) is 0 Å². The van der Waals surface area contributed by atoms with Gasteiger partial charge in [-0.3, -0.25) is 0 Å². The van der Waals surface area contributed by atoms with Gasteiger partial charge in [-0.1, -0.05) is 41.1 Å². The summed E-state index contributed by atoms with van der Waals surface area (Å²) in [5.41, 5.74) is 4.20. The predicted molar refractivity (Wildman–Crippen MR) is 75.2 cm³/mol. The number of rotatable bonds is 5. The molecular weight excluding hydrogens is 262 g/mol. The number of hydrogen-bond donors (Lipinski definition) is 1. The van der Waals surface area contributed by atoms with E-state index in [0.29, 0.717) is 10.9 Å². The van der Waals surface area contributed by atoms with Gasteiger partial charge in [0.1, 0.15) is 0 Å². The SMILES string of the molecule is Cc1cccc(C)c1CNC(C)CC(C)Br. The second kappa shape index (κ2) is 6.41. The van der Waals surface area contributed by atoms with Crippen molar-refractivity contribution in [1.82, 2.24) is 5.32 Å². The van der Waals surface area contributed by atoms with E-state index in [1.165, 1.54) is 16.7 Å². The second-order valence-electron chi connectivity index (χ2n) is 4.67. The third-order valence-electron chi connectivity index (χ3n) is 2.95. The summed E-state index contributed by atoms with van der Waals surface area (Å²) in [5, 5.41) is 3.58. The van der Waals surface area contributed by atoms with Gasteiger partial charge in [-0.25, -0.2) is 0 Å². The summed E-state index contributed by atoms with van der Waals surface area (Å²) in [6, 6.07) is 7.04. The summed E-state index contributed by atoms with van der Waals surface area (Å²) < 4.78 is 0. The van der Waals surface area contributed by atoms with E-state index in [2.05, 4.69) is 67.1 Å². The summed E-state index contributed by atoms with van der Waals surface area (Å²) in [5.74, 6) is 0. The summed E-state index contributed by atoms with van der Waals surface area (Å²) in [4.78, 5) is 0.577. The zero-order valence-corrected chi connectivity index (χ0v) is 12.3. The van der Waals surface area contributed by atoms with Gasteiger partial charge in [-0.2, -0.15) is 0 Å². The zero-order valence-electron chi connectivity index (χ0n) is 10.7. The molecule has 0 bridgehead atoms. The van der Waals surface area contributed by atoms with Crippen LogP contribution in [0.5, 0.6) is 0 Å². The molecule has 1 aromatic carbocycles. The molecule has 2 atom stereocenters. The Bertz CT molecular complexity index is 313. The Morgan fingerprint density at radius 3 is 2.25 bits per heavy atom. The molecule has 0 spiro atoms. The molecule has 0 saturated heterocycles. The Morgan fingerprint density at radius 2 is 1.75 bits per heavy atom. The van der Waals surface area contributed by atoms with Crippen LogP contribution in [0.15, 0.2) is 18.2 Å². The molecule has 0 aliphatic carbocycles. The van der Waals surface area contributed by atoms with Crippen molar-refractivity contribution in [1.29, 1.82) is 0 Å². The normalized spacial score (nSPS) is 14.8. The Balaban J connectivity index is 2.54. The van der Waals surface area contributed by atoms with E-state index in [0.717, 1.165) is 13.0 Å². The van der Waals surface area contributed by atoms with Crippen LogP contribution >= 0.6 is 15.9 Å². The molecule has 1 N–H and O–H groups in total. The molecule has 16 heavy (non-hydrogen) atoms. The monoisotopic (exact) mass is 283 g/mol. The lowest BCUT2D eigenvalue weighted by atomic mass is 10.0. The third kappa shape index (κ3) is 4.26. The van der Waals surface area contributed by atoms with Gasteiger partial charge in [0.25, 0.3) is 0 Å². The lowest BCUT2D eigenvalue weighted by Gasteiger charge is -2.17.